The molecular formula is C14H10F5NO. The van der Waals surface area contributed by atoms with Gasteiger partial charge in [0.2, 0.25) is 11.6 Å². The maximum atomic E-state index is 13.4. The minimum absolute atomic E-state index is 0.0288. The van der Waals surface area contributed by atoms with Crippen LogP contribution in [0.15, 0.2) is 24.3 Å². The van der Waals surface area contributed by atoms with E-state index in [0.29, 0.717) is 11.1 Å². The predicted octanol–water partition coefficient (Wildman–Crippen LogP) is 3.42. The van der Waals surface area contributed by atoms with Crippen LogP contribution in [0.25, 0.3) is 0 Å². The van der Waals surface area contributed by atoms with E-state index < -0.39 is 41.4 Å². The summed E-state index contributed by atoms with van der Waals surface area (Å²) in [4.78, 5) is 0. The van der Waals surface area contributed by atoms with Crippen LogP contribution in [-0.2, 0) is 13.2 Å². The highest BCUT2D eigenvalue weighted by atomic mass is 19.2. The molecule has 0 aliphatic carbocycles. The molecule has 0 aromatic heterocycles. The maximum absolute atomic E-state index is 13.4. The molecule has 0 bridgehead atoms. The lowest BCUT2D eigenvalue weighted by atomic mass is 10.1. The Morgan fingerprint density at radius 3 is 2.05 bits per heavy atom. The predicted molar refractivity (Wildman–Crippen MR) is 64.9 cm³/mol. The first-order chi connectivity index (χ1) is 9.93. The molecule has 0 unspecified atom stereocenters. The van der Waals surface area contributed by atoms with Crippen molar-refractivity contribution in [3.8, 4) is 5.75 Å². The number of ether oxygens (including phenoxy) is 1. The zero-order chi connectivity index (χ0) is 15.6. The molecule has 112 valence electrons. The number of nitrogens with two attached hydrogens (primary N) is 1. The van der Waals surface area contributed by atoms with Crippen LogP contribution < -0.4 is 10.5 Å². The quantitative estimate of drug-likeness (QED) is 0.694. The fraction of sp³-hybridized carbons (Fsp3) is 0.143. The zero-order valence-electron chi connectivity index (χ0n) is 10.6. The molecule has 0 saturated carbocycles. The van der Waals surface area contributed by atoms with Crippen LogP contribution >= 0.6 is 0 Å². The topological polar surface area (TPSA) is 35.2 Å². The van der Waals surface area contributed by atoms with Gasteiger partial charge in [0.25, 0.3) is 0 Å². The summed E-state index contributed by atoms with van der Waals surface area (Å²) in [5.41, 5.74) is 6.11. The van der Waals surface area contributed by atoms with Gasteiger partial charge in [0.1, 0.15) is 12.4 Å². The van der Waals surface area contributed by atoms with Gasteiger partial charge in [-0.05, 0) is 23.3 Å². The Labute approximate surface area is 116 Å². The Morgan fingerprint density at radius 2 is 1.48 bits per heavy atom. The molecule has 0 fully saturated rings. The molecule has 0 amide bonds. The van der Waals surface area contributed by atoms with Crippen molar-refractivity contribution in [2.45, 2.75) is 13.2 Å². The molecule has 0 atom stereocenters. The molecule has 2 N–H and O–H groups in total. The monoisotopic (exact) mass is 303 g/mol. The zero-order valence-corrected chi connectivity index (χ0v) is 10.6. The van der Waals surface area contributed by atoms with Gasteiger partial charge in [-0.2, -0.15) is 8.78 Å². The lowest BCUT2D eigenvalue weighted by molar-refractivity contribution is 0.260. The van der Waals surface area contributed by atoms with Gasteiger partial charge in [-0.1, -0.05) is 6.07 Å². The van der Waals surface area contributed by atoms with Gasteiger partial charge in [-0.15, -0.1) is 0 Å². The van der Waals surface area contributed by atoms with E-state index in [-0.39, 0.29) is 12.6 Å². The number of halogens is 5. The van der Waals surface area contributed by atoms with E-state index in [9.17, 15) is 22.0 Å². The lowest BCUT2D eigenvalue weighted by Gasteiger charge is -2.12. The van der Waals surface area contributed by atoms with Crippen LogP contribution in [0.4, 0.5) is 22.0 Å². The van der Waals surface area contributed by atoms with E-state index in [1.807, 2.05) is 0 Å². The number of hydrogen-bond donors (Lipinski definition) is 1. The molecule has 2 aromatic rings. The van der Waals surface area contributed by atoms with Crippen molar-refractivity contribution in [2.75, 3.05) is 0 Å². The summed E-state index contributed by atoms with van der Waals surface area (Å²) in [7, 11) is 0. The van der Waals surface area contributed by atoms with E-state index in [1.165, 1.54) is 6.07 Å². The first kappa shape index (κ1) is 15.2. The third-order valence-electron chi connectivity index (χ3n) is 2.83. The van der Waals surface area contributed by atoms with E-state index in [1.54, 1.807) is 0 Å². The van der Waals surface area contributed by atoms with Crippen molar-refractivity contribution in [1.82, 2.24) is 0 Å². The molecule has 0 saturated heterocycles. The SMILES string of the molecule is NCc1cc(F)ccc1COc1c(F)c(F)cc(F)c1F. The average Bonchev–Trinajstić information content (AvgIpc) is 2.46. The minimum Gasteiger partial charge on any atom is -0.483 e. The largest absolute Gasteiger partial charge is 0.483 e. The second-order valence-corrected chi connectivity index (χ2v) is 4.20. The molecule has 2 rings (SSSR count). The molecule has 0 spiro atoms. The fourth-order valence-corrected chi connectivity index (χ4v) is 1.75. The Morgan fingerprint density at radius 1 is 0.857 bits per heavy atom. The summed E-state index contributed by atoms with van der Waals surface area (Å²) >= 11 is 0. The summed E-state index contributed by atoms with van der Waals surface area (Å²) in [5, 5.41) is 0. The molecule has 21 heavy (non-hydrogen) atoms. The van der Waals surface area contributed by atoms with Crippen LogP contribution in [-0.4, -0.2) is 0 Å². The molecule has 0 heterocycles. The van der Waals surface area contributed by atoms with Crippen molar-refractivity contribution in [2.24, 2.45) is 5.73 Å². The van der Waals surface area contributed by atoms with Gasteiger partial charge in [0, 0.05) is 12.6 Å². The van der Waals surface area contributed by atoms with Gasteiger partial charge in [-0.25, -0.2) is 13.2 Å². The normalized spacial score (nSPS) is 10.8. The highest BCUT2D eigenvalue weighted by molar-refractivity contribution is 5.31. The maximum Gasteiger partial charge on any atom is 0.203 e. The Kier molecular flexibility index (Phi) is 4.42. The first-order valence-corrected chi connectivity index (χ1v) is 5.87. The first-order valence-electron chi connectivity index (χ1n) is 5.87. The van der Waals surface area contributed by atoms with Crippen molar-refractivity contribution < 1.29 is 26.7 Å². The van der Waals surface area contributed by atoms with Crippen LogP contribution in [0.1, 0.15) is 11.1 Å². The molecule has 0 radical (unpaired) electrons. The van der Waals surface area contributed by atoms with E-state index in [2.05, 4.69) is 0 Å². The van der Waals surface area contributed by atoms with Gasteiger partial charge in [0.05, 0.1) is 0 Å². The van der Waals surface area contributed by atoms with Crippen LogP contribution in [0.5, 0.6) is 5.75 Å². The van der Waals surface area contributed by atoms with E-state index in [0.717, 1.165) is 12.1 Å². The Bertz CT molecular complexity index is 649. The number of benzene rings is 2. The molecule has 7 heteroatoms. The standard InChI is InChI=1S/C14H10F5NO/c15-9-2-1-7(8(3-9)5-20)6-21-14-12(18)10(16)4-11(17)13(14)19/h1-4H,5-6,20H2. The van der Waals surface area contributed by atoms with E-state index >= 15 is 0 Å². The number of rotatable bonds is 4. The highest BCUT2D eigenvalue weighted by Crippen LogP contribution is 2.27. The summed E-state index contributed by atoms with van der Waals surface area (Å²) in [6.07, 6.45) is 0. The summed E-state index contributed by atoms with van der Waals surface area (Å²) in [6.45, 7) is -0.442. The lowest BCUT2D eigenvalue weighted by Crippen LogP contribution is -2.08. The third kappa shape index (κ3) is 3.13. The van der Waals surface area contributed by atoms with Gasteiger partial charge in [0.15, 0.2) is 17.4 Å². The number of hydrogen-bond acceptors (Lipinski definition) is 2. The molecule has 0 aliphatic heterocycles. The second-order valence-electron chi connectivity index (χ2n) is 4.20. The summed E-state index contributed by atoms with van der Waals surface area (Å²) < 4.78 is 70.6. The highest BCUT2D eigenvalue weighted by Gasteiger charge is 2.20. The molecule has 2 aromatic carbocycles. The summed E-state index contributed by atoms with van der Waals surface area (Å²) in [5.74, 6) is -8.10. The third-order valence-corrected chi connectivity index (χ3v) is 2.83. The van der Waals surface area contributed by atoms with Crippen molar-refractivity contribution >= 4 is 0 Å². The van der Waals surface area contributed by atoms with Crippen molar-refractivity contribution in [3.05, 3.63) is 64.5 Å². The fourth-order valence-electron chi connectivity index (χ4n) is 1.75. The van der Waals surface area contributed by atoms with Crippen molar-refractivity contribution in [1.29, 1.82) is 0 Å². The minimum atomic E-state index is -1.63. The second kappa shape index (κ2) is 6.09. The van der Waals surface area contributed by atoms with Crippen LogP contribution in [0.2, 0.25) is 0 Å². The van der Waals surface area contributed by atoms with E-state index in [4.69, 9.17) is 10.5 Å². The van der Waals surface area contributed by atoms with Crippen LogP contribution in [0.3, 0.4) is 0 Å². The van der Waals surface area contributed by atoms with Crippen molar-refractivity contribution in [3.63, 3.8) is 0 Å². The molecular weight excluding hydrogens is 293 g/mol. The van der Waals surface area contributed by atoms with Gasteiger partial charge >= 0.3 is 0 Å². The van der Waals surface area contributed by atoms with Crippen LogP contribution in [0, 0.1) is 29.1 Å². The van der Waals surface area contributed by atoms with Gasteiger partial charge in [-0.3, -0.25) is 0 Å². The average molecular weight is 303 g/mol. The molecule has 0 aliphatic rings. The Balaban J connectivity index is 2.29. The van der Waals surface area contributed by atoms with Gasteiger partial charge < -0.3 is 10.5 Å². The smallest absolute Gasteiger partial charge is 0.203 e. The summed E-state index contributed by atoms with van der Waals surface area (Å²) in [6, 6.07) is 3.64. The Hall–Kier alpha value is -2.15. The molecule has 2 nitrogen and oxygen atoms in total.